The van der Waals surface area contributed by atoms with Crippen molar-refractivity contribution in [1.82, 2.24) is 20.3 Å². The van der Waals surface area contributed by atoms with Gasteiger partial charge in [0.25, 0.3) is 5.91 Å². The van der Waals surface area contributed by atoms with Gasteiger partial charge >= 0.3 is 5.97 Å². The fourth-order valence-electron chi connectivity index (χ4n) is 2.82. The molecule has 0 radical (unpaired) electrons. The summed E-state index contributed by atoms with van der Waals surface area (Å²) in [6.07, 6.45) is 0. The Balaban J connectivity index is 1.95. The maximum absolute atomic E-state index is 12.5. The molecule has 2 aromatic heterocycles. The topological polar surface area (TPSA) is 119 Å². The summed E-state index contributed by atoms with van der Waals surface area (Å²) in [6.45, 7) is 3.50. The number of carboxylic acid groups (broad SMARTS) is 1. The van der Waals surface area contributed by atoms with E-state index in [4.69, 9.17) is 9.26 Å². The highest BCUT2D eigenvalue weighted by Gasteiger charge is 2.28. The zero-order valence-electron chi connectivity index (χ0n) is 15.9. The number of carbonyl (C=O) groups excluding carboxylic acids is 1. The number of carbonyl (C=O) groups is 2. The minimum atomic E-state index is -1.27. The number of benzene rings is 1. The van der Waals surface area contributed by atoms with Crippen LogP contribution >= 0.6 is 0 Å². The fraction of sp³-hybridized carbons (Fsp3) is 0.263. The van der Waals surface area contributed by atoms with Crippen LogP contribution in [0.4, 0.5) is 0 Å². The summed E-state index contributed by atoms with van der Waals surface area (Å²) < 4.78 is 11.8. The summed E-state index contributed by atoms with van der Waals surface area (Å²) in [5.41, 5.74) is 2.32. The second-order valence-electron chi connectivity index (χ2n) is 6.30. The average Bonchev–Trinajstić information content (AvgIpc) is 3.26. The van der Waals surface area contributed by atoms with E-state index in [9.17, 15) is 14.7 Å². The number of aryl methyl sites for hydroxylation is 2. The third-order valence-electron chi connectivity index (χ3n) is 4.41. The lowest BCUT2D eigenvalue weighted by Crippen LogP contribution is -2.28. The van der Waals surface area contributed by atoms with Crippen molar-refractivity contribution in [2.24, 2.45) is 7.05 Å². The van der Waals surface area contributed by atoms with Crippen LogP contribution in [-0.4, -0.2) is 39.0 Å². The number of carboxylic acids is 1. The number of amides is 1. The largest absolute Gasteiger partial charge is 0.497 e. The molecule has 3 rings (SSSR count). The van der Waals surface area contributed by atoms with Crippen molar-refractivity contribution >= 4 is 11.9 Å². The molecule has 1 amide bonds. The normalized spacial score (nSPS) is 11.9. The van der Waals surface area contributed by atoms with E-state index in [0.29, 0.717) is 17.0 Å². The Kier molecular flexibility index (Phi) is 5.16. The Bertz CT molecular complexity index is 1000. The maximum atomic E-state index is 12.5. The molecular formula is C19H20N4O5. The quantitative estimate of drug-likeness (QED) is 0.670. The number of methoxy groups -OCH3 is 1. The van der Waals surface area contributed by atoms with Crippen LogP contribution in [0.15, 0.2) is 34.9 Å². The van der Waals surface area contributed by atoms with Gasteiger partial charge in [-0.2, -0.15) is 5.10 Å². The summed E-state index contributed by atoms with van der Waals surface area (Å²) in [4.78, 5) is 24.1. The number of hydrogen-bond acceptors (Lipinski definition) is 6. The van der Waals surface area contributed by atoms with Gasteiger partial charge in [0.1, 0.15) is 17.1 Å². The van der Waals surface area contributed by atoms with Crippen LogP contribution in [0.5, 0.6) is 5.75 Å². The molecule has 0 saturated heterocycles. The number of rotatable bonds is 6. The van der Waals surface area contributed by atoms with E-state index < -0.39 is 17.9 Å². The lowest BCUT2D eigenvalue weighted by atomic mass is 10.0. The van der Waals surface area contributed by atoms with Crippen LogP contribution in [-0.2, 0) is 7.05 Å². The molecule has 0 aliphatic heterocycles. The Morgan fingerprint density at radius 2 is 1.96 bits per heavy atom. The van der Waals surface area contributed by atoms with E-state index >= 15 is 0 Å². The highest BCUT2D eigenvalue weighted by Crippen LogP contribution is 2.31. The van der Waals surface area contributed by atoms with Crippen molar-refractivity contribution < 1.29 is 24.0 Å². The van der Waals surface area contributed by atoms with Gasteiger partial charge in [0, 0.05) is 18.3 Å². The monoisotopic (exact) mass is 384 g/mol. The standard InChI is InChI=1S/C19H20N4O5/c1-10-9-14(21-23(10)3)18(24)20-11(2)15-16(22-28-17(15)19(25)26)12-5-7-13(27-4)8-6-12/h5-9,11H,1-4H3,(H,20,24)(H,25,26). The minimum absolute atomic E-state index is 0.242. The van der Waals surface area contributed by atoms with Gasteiger partial charge in [0.2, 0.25) is 5.76 Å². The molecule has 0 spiro atoms. The van der Waals surface area contributed by atoms with Gasteiger partial charge < -0.3 is 19.7 Å². The molecule has 9 nitrogen and oxygen atoms in total. The lowest BCUT2D eigenvalue weighted by Gasteiger charge is -2.14. The second-order valence-corrected chi connectivity index (χ2v) is 6.30. The molecule has 2 heterocycles. The van der Waals surface area contributed by atoms with Crippen molar-refractivity contribution in [2.75, 3.05) is 7.11 Å². The second kappa shape index (κ2) is 7.55. The summed E-state index contributed by atoms with van der Waals surface area (Å²) in [7, 11) is 3.29. The molecule has 0 saturated carbocycles. The fourth-order valence-corrected chi connectivity index (χ4v) is 2.82. The minimum Gasteiger partial charge on any atom is -0.497 e. The molecule has 28 heavy (non-hydrogen) atoms. The van der Waals surface area contributed by atoms with Gasteiger partial charge in [-0.3, -0.25) is 9.48 Å². The van der Waals surface area contributed by atoms with Gasteiger partial charge in [0.05, 0.1) is 18.7 Å². The molecule has 0 aliphatic carbocycles. The van der Waals surface area contributed by atoms with E-state index in [0.717, 1.165) is 5.69 Å². The molecule has 1 unspecified atom stereocenters. The number of aromatic nitrogens is 3. The number of nitrogens with zero attached hydrogens (tertiary/aromatic N) is 3. The molecule has 0 fully saturated rings. The van der Waals surface area contributed by atoms with E-state index in [1.54, 1.807) is 56.1 Å². The summed E-state index contributed by atoms with van der Waals surface area (Å²) in [6, 6.07) is 7.91. The van der Waals surface area contributed by atoms with Crippen LogP contribution in [0, 0.1) is 6.92 Å². The van der Waals surface area contributed by atoms with Crippen LogP contribution < -0.4 is 10.1 Å². The molecule has 146 valence electrons. The van der Waals surface area contributed by atoms with Gasteiger partial charge in [-0.15, -0.1) is 0 Å². The third-order valence-corrected chi connectivity index (χ3v) is 4.41. The van der Waals surface area contributed by atoms with Crippen molar-refractivity contribution in [3.8, 4) is 17.0 Å². The first-order valence-corrected chi connectivity index (χ1v) is 8.50. The molecule has 9 heteroatoms. The third kappa shape index (κ3) is 3.59. The molecule has 1 atom stereocenters. The average molecular weight is 384 g/mol. The Morgan fingerprint density at radius 3 is 2.50 bits per heavy atom. The number of nitrogens with one attached hydrogen (secondary N) is 1. The maximum Gasteiger partial charge on any atom is 0.375 e. The first-order chi connectivity index (χ1) is 13.3. The van der Waals surface area contributed by atoms with E-state index in [2.05, 4.69) is 15.6 Å². The summed E-state index contributed by atoms with van der Waals surface area (Å²) in [5.74, 6) is -1.36. The Labute approximate surface area is 160 Å². The Morgan fingerprint density at radius 1 is 1.29 bits per heavy atom. The lowest BCUT2D eigenvalue weighted by molar-refractivity contribution is 0.0648. The zero-order chi connectivity index (χ0) is 20.4. The summed E-state index contributed by atoms with van der Waals surface area (Å²) >= 11 is 0. The van der Waals surface area contributed by atoms with Crippen LogP contribution in [0.2, 0.25) is 0 Å². The molecule has 1 aromatic carbocycles. The van der Waals surface area contributed by atoms with Crippen LogP contribution in [0.3, 0.4) is 0 Å². The van der Waals surface area contributed by atoms with Crippen molar-refractivity contribution in [2.45, 2.75) is 19.9 Å². The Hall–Kier alpha value is -3.62. The van der Waals surface area contributed by atoms with Crippen molar-refractivity contribution in [3.63, 3.8) is 0 Å². The molecule has 0 bridgehead atoms. The first kappa shape index (κ1) is 19.2. The highest BCUT2D eigenvalue weighted by atomic mass is 16.5. The van der Waals surface area contributed by atoms with Crippen LogP contribution in [0.25, 0.3) is 11.3 Å². The van der Waals surface area contributed by atoms with Gasteiger partial charge in [0.15, 0.2) is 0 Å². The smallest absolute Gasteiger partial charge is 0.375 e. The molecule has 2 N–H and O–H groups in total. The van der Waals surface area contributed by atoms with Gasteiger partial charge in [-0.1, -0.05) is 5.16 Å². The van der Waals surface area contributed by atoms with Gasteiger partial charge in [-0.05, 0) is 44.2 Å². The SMILES string of the molecule is COc1ccc(-c2noc(C(=O)O)c2C(C)NC(=O)c2cc(C)n(C)n2)cc1. The predicted molar refractivity (Wildman–Crippen MR) is 99.3 cm³/mol. The number of hydrogen-bond donors (Lipinski definition) is 2. The van der Waals surface area contributed by atoms with E-state index in [1.165, 1.54) is 0 Å². The number of ether oxygens (including phenoxy) is 1. The zero-order valence-corrected chi connectivity index (χ0v) is 15.9. The van der Waals surface area contributed by atoms with Crippen LogP contribution in [0.1, 0.15) is 45.3 Å². The van der Waals surface area contributed by atoms with E-state index in [1.807, 2.05) is 6.92 Å². The van der Waals surface area contributed by atoms with Crippen molar-refractivity contribution in [1.29, 1.82) is 0 Å². The molecular weight excluding hydrogens is 364 g/mol. The number of aromatic carboxylic acids is 1. The summed E-state index contributed by atoms with van der Waals surface area (Å²) in [5, 5.41) is 20.3. The van der Waals surface area contributed by atoms with E-state index in [-0.39, 0.29) is 17.0 Å². The van der Waals surface area contributed by atoms with Gasteiger partial charge in [-0.25, -0.2) is 4.79 Å². The molecule has 3 aromatic rings. The molecule has 0 aliphatic rings. The predicted octanol–water partition coefficient (Wildman–Crippen LogP) is 2.58. The first-order valence-electron chi connectivity index (χ1n) is 8.50. The van der Waals surface area contributed by atoms with Crippen molar-refractivity contribution in [3.05, 3.63) is 53.0 Å². The highest BCUT2D eigenvalue weighted by molar-refractivity contribution is 5.93.